The van der Waals surface area contributed by atoms with Gasteiger partial charge in [0, 0.05) is 19.6 Å². The topological polar surface area (TPSA) is 29.9 Å². The van der Waals surface area contributed by atoms with Crippen molar-refractivity contribution in [1.82, 2.24) is 15.1 Å². The van der Waals surface area contributed by atoms with Gasteiger partial charge in [-0.25, -0.2) is 0 Å². The number of nitrogens with zero attached hydrogens (tertiary/aromatic N) is 2. The molecule has 0 unspecified atom stereocenters. The maximum atomic E-state index is 4.26. The van der Waals surface area contributed by atoms with Crippen LogP contribution in [0.2, 0.25) is 0 Å². The lowest BCUT2D eigenvalue weighted by Gasteiger charge is -2.05. The van der Waals surface area contributed by atoms with E-state index in [2.05, 4.69) is 17.3 Å². The molecule has 1 aromatic rings. The summed E-state index contributed by atoms with van der Waals surface area (Å²) in [5, 5.41) is 7.78. The van der Waals surface area contributed by atoms with E-state index in [1.807, 2.05) is 17.9 Å². The largest absolute Gasteiger partial charge is 0.308 e. The van der Waals surface area contributed by atoms with Crippen molar-refractivity contribution >= 4 is 0 Å². The lowest BCUT2D eigenvalue weighted by molar-refractivity contribution is 0.619. The molecule has 0 aliphatic heterocycles. The number of rotatable bonds is 4. The van der Waals surface area contributed by atoms with Gasteiger partial charge in [0.2, 0.25) is 0 Å². The first-order valence-electron chi connectivity index (χ1n) is 5.04. The van der Waals surface area contributed by atoms with E-state index in [1.165, 1.54) is 24.1 Å². The first-order chi connectivity index (χ1) is 6.31. The maximum Gasteiger partial charge on any atom is 0.0550 e. The van der Waals surface area contributed by atoms with Gasteiger partial charge in [-0.1, -0.05) is 6.92 Å². The minimum absolute atomic E-state index is 0.777. The number of aryl methyl sites for hydroxylation is 2. The Kier molecular flexibility index (Phi) is 2.36. The van der Waals surface area contributed by atoms with Gasteiger partial charge < -0.3 is 5.32 Å². The van der Waals surface area contributed by atoms with Crippen LogP contribution in [0.3, 0.4) is 0 Å². The lowest BCUT2D eigenvalue weighted by atomic mass is 10.2. The van der Waals surface area contributed by atoms with Crippen LogP contribution in [0.4, 0.5) is 0 Å². The van der Waals surface area contributed by atoms with Crippen molar-refractivity contribution in [3.8, 4) is 0 Å². The monoisotopic (exact) mass is 179 g/mol. The van der Waals surface area contributed by atoms with Crippen LogP contribution in [0.1, 0.15) is 31.0 Å². The van der Waals surface area contributed by atoms with E-state index in [9.17, 15) is 0 Å². The van der Waals surface area contributed by atoms with Crippen LogP contribution < -0.4 is 5.32 Å². The summed E-state index contributed by atoms with van der Waals surface area (Å²) in [4.78, 5) is 0. The quantitative estimate of drug-likeness (QED) is 0.753. The zero-order chi connectivity index (χ0) is 9.26. The third-order valence-corrected chi connectivity index (χ3v) is 2.66. The van der Waals surface area contributed by atoms with E-state index in [-0.39, 0.29) is 0 Å². The second-order valence-electron chi connectivity index (χ2n) is 3.75. The van der Waals surface area contributed by atoms with E-state index in [0.717, 1.165) is 19.0 Å². The van der Waals surface area contributed by atoms with Gasteiger partial charge in [-0.2, -0.15) is 5.10 Å². The molecule has 0 saturated heterocycles. The van der Waals surface area contributed by atoms with Gasteiger partial charge in [-0.3, -0.25) is 4.68 Å². The standard InChI is InChI=1S/C10H17N3/c1-3-8-6-12-13(2)10(8)7-11-9-4-5-9/h6,9,11H,3-5,7H2,1-2H3. The molecule has 0 aromatic carbocycles. The summed E-state index contributed by atoms with van der Waals surface area (Å²) in [6.45, 7) is 3.15. The fourth-order valence-electron chi connectivity index (χ4n) is 1.56. The summed E-state index contributed by atoms with van der Waals surface area (Å²) in [6, 6.07) is 0.777. The second-order valence-corrected chi connectivity index (χ2v) is 3.75. The van der Waals surface area contributed by atoms with Crippen molar-refractivity contribution in [3.05, 3.63) is 17.5 Å². The van der Waals surface area contributed by atoms with Gasteiger partial charge in [-0.05, 0) is 24.8 Å². The van der Waals surface area contributed by atoms with E-state index >= 15 is 0 Å². The zero-order valence-electron chi connectivity index (χ0n) is 8.38. The van der Waals surface area contributed by atoms with Gasteiger partial charge >= 0.3 is 0 Å². The molecule has 1 fully saturated rings. The van der Waals surface area contributed by atoms with Crippen molar-refractivity contribution in [3.63, 3.8) is 0 Å². The molecule has 1 N–H and O–H groups in total. The Morgan fingerprint density at radius 1 is 1.62 bits per heavy atom. The highest BCUT2D eigenvalue weighted by Crippen LogP contribution is 2.19. The Morgan fingerprint density at radius 2 is 2.38 bits per heavy atom. The van der Waals surface area contributed by atoms with Crippen LogP contribution in [0.5, 0.6) is 0 Å². The summed E-state index contributed by atoms with van der Waals surface area (Å²) >= 11 is 0. The second kappa shape index (κ2) is 3.50. The molecule has 72 valence electrons. The molecule has 0 bridgehead atoms. The van der Waals surface area contributed by atoms with Gasteiger partial charge in [0.15, 0.2) is 0 Å². The van der Waals surface area contributed by atoms with Crippen LogP contribution >= 0.6 is 0 Å². The van der Waals surface area contributed by atoms with Crippen LogP contribution in [-0.2, 0) is 20.0 Å². The Bertz CT molecular complexity index is 286. The molecule has 1 saturated carbocycles. The van der Waals surface area contributed by atoms with Crippen LogP contribution in [0, 0.1) is 0 Å². The molecule has 0 spiro atoms. The molecule has 2 rings (SSSR count). The van der Waals surface area contributed by atoms with Gasteiger partial charge in [0.05, 0.1) is 11.9 Å². The van der Waals surface area contributed by atoms with Gasteiger partial charge in [-0.15, -0.1) is 0 Å². The molecular formula is C10H17N3. The van der Waals surface area contributed by atoms with E-state index < -0.39 is 0 Å². The van der Waals surface area contributed by atoms with Crippen LogP contribution in [0.15, 0.2) is 6.20 Å². The lowest BCUT2D eigenvalue weighted by Crippen LogP contribution is -2.18. The molecule has 0 atom stereocenters. The summed E-state index contributed by atoms with van der Waals surface area (Å²) < 4.78 is 1.98. The fraction of sp³-hybridized carbons (Fsp3) is 0.700. The summed E-state index contributed by atoms with van der Waals surface area (Å²) in [5.41, 5.74) is 2.71. The minimum atomic E-state index is 0.777. The third kappa shape index (κ3) is 1.91. The molecule has 1 aromatic heterocycles. The molecule has 13 heavy (non-hydrogen) atoms. The maximum absolute atomic E-state index is 4.26. The third-order valence-electron chi connectivity index (χ3n) is 2.66. The number of aromatic nitrogens is 2. The average molecular weight is 179 g/mol. The fourth-order valence-corrected chi connectivity index (χ4v) is 1.56. The molecular weight excluding hydrogens is 162 g/mol. The molecule has 1 aliphatic carbocycles. The smallest absolute Gasteiger partial charge is 0.0550 e. The molecule has 3 heteroatoms. The zero-order valence-corrected chi connectivity index (χ0v) is 8.38. The SMILES string of the molecule is CCc1cnn(C)c1CNC1CC1. The Hall–Kier alpha value is -0.830. The van der Waals surface area contributed by atoms with Crippen molar-refractivity contribution in [2.45, 2.75) is 38.8 Å². The van der Waals surface area contributed by atoms with Crippen molar-refractivity contribution in [1.29, 1.82) is 0 Å². The Balaban J connectivity index is 2.02. The van der Waals surface area contributed by atoms with E-state index in [4.69, 9.17) is 0 Å². The highest BCUT2D eigenvalue weighted by atomic mass is 15.3. The first-order valence-corrected chi connectivity index (χ1v) is 5.04. The van der Waals surface area contributed by atoms with E-state index in [1.54, 1.807) is 0 Å². The highest BCUT2D eigenvalue weighted by molar-refractivity contribution is 5.17. The predicted octanol–water partition coefficient (Wildman–Crippen LogP) is 1.23. The average Bonchev–Trinajstić information content (AvgIpc) is 2.88. The number of hydrogen-bond donors (Lipinski definition) is 1. The van der Waals surface area contributed by atoms with Crippen LogP contribution in [0.25, 0.3) is 0 Å². The van der Waals surface area contributed by atoms with Gasteiger partial charge in [0.25, 0.3) is 0 Å². The summed E-state index contributed by atoms with van der Waals surface area (Å²) in [5.74, 6) is 0. The molecule has 1 heterocycles. The Morgan fingerprint density at radius 3 is 3.00 bits per heavy atom. The first kappa shape index (κ1) is 8.75. The summed E-state index contributed by atoms with van der Waals surface area (Å²) in [6.07, 6.45) is 5.75. The van der Waals surface area contributed by atoms with Crippen LogP contribution in [-0.4, -0.2) is 15.8 Å². The van der Waals surface area contributed by atoms with Crippen molar-refractivity contribution in [2.24, 2.45) is 7.05 Å². The van der Waals surface area contributed by atoms with Crippen molar-refractivity contribution in [2.75, 3.05) is 0 Å². The van der Waals surface area contributed by atoms with Crippen molar-refractivity contribution < 1.29 is 0 Å². The Labute approximate surface area is 79.1 Å². The molecule has 3 nitrogen and oxygen atoms in total. The molecule has 1 aliphatic rings. The number of nitrogens with one attached hydrogen (secondary N) is 1. The number of hydrogen-bond acceptors (Lipinski definition) is 2. The minimum Gasteiger partial charge on any atom is -0.308 e. The van der Waals surface area contributed by atoms with Gasteiger partial charge in [0.1, 0.15) is 0 Å². The van der Waals surface area contributed by atoms with E-state index in [0.29, 0.717) is 0 Å². The molecule has 0 amide bonds. The summed E-state index contributed by atoms with van der Waals surface area (Å²) in [7, 11) is 2.02. The molecule has 0 radical (unpaired) electrons. The predicted molar refractivity (Wildman–Crippen MR) is 52.4 cm³/mol. The normalized spacial score (nSPS) is 16.5. The highest BCUT2D eigenvalue weighted by Gasteiger charge is 2.21.